The number of hydrogen-bond donors (Lipinski definition) is 2. The van der Waals surface area contributed by atoms with E-state index in [4.69, 9.17) is 5.73 Å². The molecule has 2 aliphatic heterocycles. The third-order valence-electron chi connectivity index (χ3n) is 5.87. The highest BCUT2D eigenvalue weighted by molar-refractivity contribution is 5.86. The molecule has 4 nitrogen and oxygen atoms in total. The maximum atomic E-state index is 12.5. The molecule has 0 aromatic rings. The zero-order chi connectivity index (χ0) is 14.2. The summed E-state index contributed by atoms with van der Waals surface area (Å²) in [6.45, 7) is 0. The quantitative estimate of drug-likeness (QED) is 0.803. The Kier molecular flexibility index (Phi) is 7.44. The monoisotopic (exact) mass is 351 g/mol. The lowest BCUT2D eigenvalue weighted by atomic mass is 9.79. The lowest BCUT2D eigenvalue weighted by Gasteiger charge is -2.47. The van der Waals surface area contributed by atoms with Gasteiger partial charge in [-0.2, -0.15) is 0 Å². The summed E-state index contributed by atoms with van der Waals surface area (Å²) in [6, 6.07) is 1.66. The minimum absolute atomic E-state index is 0. The summed E-state index contributed by atoms with van der Waals surface area (Å²) in [7, 11) is 2.25. The molecule has 3 N–H and O–H groups in total. The number of carbonyl (C=O) groups excluding carboxylic acids is 1. The van der Waals surface area contributed by atoms with Crippen molar-refractivity contribution in [3.8, 4) is 0 Å². The van der Waals surface area contributed by atoms with Crippen LogP contribution in [-0.2, 0) is 4.79 Å². The van der Waals surface area contributed by atoms with Gasteiger partial charge in [0.2, 0.25) is 5.91 Å². The zero-order valence-electron chi connectivity index (χ0n) is 13.6. The lowest BCUT2D eigenvalue weighted by molar-refractivity contribution is -0.129. The van der Waals surface area contributed by atoms with Crippen LogP contribution in [0.25, 0.3) is 0 Å². The smallest absolute Gasteiger partial charge is 0.240 e. The normalized spacial score (nSPS) is 34.0. The van der Waals surface area contributed by atoms with Crippen molar-refractivity contribution < 1.29 is 4.79 Å². The van der Waals surface area contributed by atoms with E-state index in [9.17, 15) is 4.79 Å². The van der Waals surface area contributed by atoms with Gasteiger partial charge in [0.25, 0.3) is 0 Å². The number of hydrogen-bond acceptors (Lipinski definition) is 3. The van der Waals surface area contributed by atoms with Crippen LogP contribution >= 0.6 is 24.8 Å². The summed E-state index contributed by atoms with van der Waals surface area (Å²) >= 11 is 0. The first-order valence-electron chi connectivity index (χ1n) is 8.40. The summed E-state index contributed by atoms with van der Waals surface area (Å²) < 4.78 is 0. The van der Waals surface area contributed by atoms with E-state index in [2.05, 4.69) is 17.3 Å². The molecule has 3 fully saturated rings. The molecule has 1 amide bonds. The fourth-order valence-electron chi connectivity index (χ4n) is 4.47. The second-order valence-corrected chi connectivity index (χ2v) is 7.26. The molecule has 0 aromatic heterocycles. The summed E-state index contributed by atoms with van der Waals surface area (Å²) in [5, 5.41) is 3.29. The molecule has 0 radical (unpaired) electrons. The van der Waals surface area contributed by atoms with Gasteiger partial charge in [0, 0.05) is 18.1 Å². The average Bonchev–Trinajstić information content (AvgIpc) is 2.41. The molecular weight excluding hydrogens is 321 g/mol. The summed E-state index contributed by atoms with van der Waals surface area (Å²) in [5.74, 6) is 0.116. The van der Waals surface area contributed by atoms with Crippen LogP contribution in [0.15, 0.2) is 0 Å². The Morgan fingerprint density at radius 1 is 1.05 bits per heavy atom. The second kappa shape index (κ2) is 8.18. The van der Waals surface area contributed by atoms with Crippen LogP contribution < -0.4 is 11.1 Å². The fraction of sp³-hybridized carbons (Fsp3) is 0.938. The van der Waals surface area contributed by atoms with Crippen LogP contribution in [-0.4, -0.2) is 41.5 Å². The Morgan fingerprint density at radius 3 is 2.14 bits per heavy atom. The van der Waals surface area contributed by atoms with Crippen molar-refractivity contribution >= 4 is 30.7 Å². The molecule has 2 unspecified atom stereocenters. The molecule has 2 bridgehead atoms. The Morgan fingerprint density at radius 2 is 1.59 bits per heavy atom. The van der Waals surface area contributed by atoms with E-state index in [0.29, 0.717) is 18.1 Å². The Hall–Kier alpha value is -0.0300. The van der Waals surface area contributed by atoms with Crippen LogP contribution in [0.4, 0.5) is 0 Å². The number of amides is 1. The van der Waals surface area contributed by atoms with E-state index in [0.717, 1.165) is 38.5 Å². The predicted octanol–water partition coefficient (Wildman–Crippen LogP) is 2.62. The van der Waals surface area contributed by atoms with E-state index in [-0.39, 0.29) is 30.7 Å². The molecule has 0 spiro atoms. The van der Waals surface area contributed by atoms with Gasteiger partial charge in [0.15, 0.2) is 0 Å². The Labute approximate surface area is 146 Å². The SMILES string of the molecule is CN1C2CCCC1CC(NC(=O)C1(N)CCCCC1)C2.Cl.Cl. The van der Waals surface area contributed by atoms with Crippen LogP contribution in [0.1, 0.15) is 64.2 Å². The number of halogens is 2. The van der Waals surface area contributed by atoms with E-state index in [1.807, 2.05) is 0 Å². The molecule has 2 heterocycles. The largest absolute Gasteiger partial charge is 0.352 e. The van der Waals surface area contributed by atoms with Gasteiger partial charge >= 0.3 is 0 Å². The fourth-order valence-corrected chi connectivity index (χ4v) is 4.47. The molecule has 3 aliphatic rings. The van der Waals surface area contributed by atoms with Crippen LogP contribution in [0.3, 0.4) is 0 Å². The predicted molar refractivity (Wildman–Crippen MR) is 94.9 cm³/mol. The molecule has 1 aliphatic carbocycles. The van der Waals surface area contributed by atoms with Crippen LogP contribution in [0.5, 0.6) is 0 Å². The molecule has 22 heavy (non-hydrogen) atoms. The highest BCUT2D eigenvalue weighted by Crippen LogP contribution is 2.33. The van der Waals surface area contributed by atoms with Crippen molar-refractivity contribution in [2.75, 3.05) is 7.05 Å². The average molecular weight is 352 g/mol. The highest BCUT2D eigenvalue weighted by atomic mass is 35.5. The molecule has 3 rings (SSSR count). The standard InChI is InChI=1S/C16H29N3O.2ClH/c1-19-13-6-5-7-14(19)11-12(10-13)18-15(20)16(17)8-3-2-4-9-16;;/h12-14H,2-11,17H2,1H3,(H,18,20);2*1H. The molecule has 1 saturated carbocycles. The molecule has 0 aromatic carbocycles. The highest BCUT2D eigenvalue weighted by Gasteiger charge is 2.40. The van der Waals surface area contributed by atoms with Crippen molar-refractivity contribution in [3.05, 3.63) is 0 Å². The van der Waals surface area contributed by atoms with Crippen LogP contribution in [0, 0.1) is 0 Å². The minimum atomic E-state index is -0.587. The summed E-state index contributed by atoms with van der Waals surface area (Å²) in [6.07, 6.45) is 11.3. The van der Waals surface area contributed by atoms with Crippen LogP contribution in [0.2, 0.25) is 0 Å². The van der Waals surface area contributed by atoms with E-state index < -0.39 is 5.54 Å². The van der Waals surface area contributed by atoms with Gasteiger partial charge < -0.3 is 16.0 Å². The summed E-state index contributed by atoms with van der Waals surface area (Å²) in [4.78, 5) is 15.1. The number of rotatable bonds is 2. The topological polar surface area (TPSA) is 58.4 Å². The number of carbonyl (C=O) groups is 1. The van der Waals surface area contributed by atoms with E-state index in [1.54, 1.807) is 0 Å². The third-order valence-corrected chi connectivity index (χ3v) is 5.87. The Bertz CT molecular complexity index is 360. The van der Waals surface area contributed by atoms with Gasteiger partial charge in [0.05, 0.1) is 5.54 Å². The number of nitrogens with one attached hydrogen (secondary N) is 1. The molecule has 6 heteroatoms. The minimum Gasteiger partial charge on any atom is -0.352 e. The summed E-state index contributed by atoms with van der Waals surface area (Å²) in [5.41, 5.74) is 5.75. The van der Waals surface area contributed by atoms with E-state index >= 15 is 0 Å². The van der Waals surface area contributed by atoms with Crippen molar-refractivity contribution in [2.45, 2.75) is 87.9 Å². The molecule has 130 valence electrons. The van der Waals surface area contributed by atoms with Crippen molar-refractivity contribution in [1.29, 1.82) is 0 Å². The van der Waals surface area contributed by atoms with Gasteiger partial charge in [-0.1, -0.05) is 25.7 Å². The number of piperidine rings is 2. The van der Waals surface area contributed by atoms with Crippen molar-refractivity contribution in [2.24, 2.45) is 5.73 Å². The first-order valence-corrected chi connectivity index (χ1v) is 8.40. The van der Waals surface area contributed by atoms with Crippen molar-refractivity contribution in [1.82, 2.24) is 10.2 Å². The Balaban J connectivity index is 0.00000121. The van der Waals surface area contributed by atoms with E-state index in [1.165, 1.54) is 25.7 Å². The molecular formula is C16H31Cl2N3O. The van der Waals surface area contributed by atoms with Gasteiger partial charge in [-0.3, -0.25) is 4.79 Å². The zero-order valence-corrected chi connectivity index (χ0v) is 15.2. The van der Waals surface area contributed by atoms with Gasteiger partial charge in [0.1, 0.15) is 0 Å². The molecule has 2 saturated heterocycles. The second-order valence-electron chi connectivity index (χ2n) is 7.26. The first kappa shape index (κ1) is 20.0. The molecule has 2 atom stereocenters. The number of fused-ring (bicyclic) bond motifs is 2. The number of nitrogens with zero attached hydrogens (tertiary/aromatic N) is 1. The first-order chi connectivity index (χ1) is 9.58. The number of nitrogens with two attached hydrogens (primary N) is 1. The third kappa shape index (κ3) is 4.08. The maximum absolute atomic E-state index is 12.5. The lowest BCUT2D eigenvalue weighted by Crippen LogP contribution is -2.61. The maximum Gasteiger partial charge on any atom is 0.240 e. The van der Waals surface area contributed by atoms with Gasteiger partial charge in [-0.05, 0) is 45.6 Å². The van der Waals surface area contributed by atoms with Gasteiger partial charge in [-0.15, -0.1) is 24.8 Å². The van der Waals surface area contributed by atoms with Crippen molar-refractivity contribution in [3.63, 3.8) is 0 Å². The van der Waals surface area contributed by atoms with Gasteiger partial charge in [-0.25, -0.2) is 0 Å².